The Kier molecular flexibility index (Phi) is 4.62. The fourth-order valence-electron chi connectivity index (χ4n) is 1.52. The highest BCUT2D eigenvalue weighted by Gasteiger charge is 2.31. The fourth-order valence-corrected chi connectivity index (χ4v) is 2.05. The summed E-state index contributed by atoms with van der Waals surface area (Å²) in [5, 5.41) is 11.5. The second kappa shape index (κ2) is 5.37. The molecule has 0 fully saturated rings. The van der Waals surface area contributed by atoms with Gasteiger partial charge in [0.05, 0.1) is 5.60 Å². The van der Waals surface area contributed by atoms with Crippen molar-refractivity contribution in [2.45, 2.75) is 25.9 Å². The molecular formula is C12H17Cl2NO. The van der Waals surface area contributed by atoms with E-state index in [9.17, 15) is 5.11 Å². The molecule has 0 amide bonds. The maximum atomic E-state index is 10.4. The largest absolute Gasteiger partial charge is 0.388 e. The van der Waals surface area contributed by atoms with E-state index >= 15 is 0 Å². The first kappa shape index (κ1) is 13.8. The van der Waals surface area contributed by atoms with Crippen LogP contribution in [0.2, 0.25) is 10.0 Å². The highest BCUT2D eigenvalue weighted by Crippen LogP contribution is 2.30. The van der Waals surface area contributed by atoms with Gasteiger partial charge in [0.15, 0.2) is 0 Å². The third-order valence-corrected chi connectivity index (χ3v) is 3.68. The van der Waals surface area contributed by atoms with Crippen LogP contribution in [-0.2, 0) is 6.42 Å². The van der Waals surface area contributed by atoms with E-state index in [4.69, 9.17) is 28.9 Å². The molecular weight excluding hydrogens is 245 g/mol. The minimum atomic E-state index is -0.964. The van der Waals surface area contributed by atoms with Crippen LogP contribution in [0.25, 0.3) is 0 Å². The topological polar surface area (TPSA) is 46.2 Å². The SMILES string of the molecule is CC(C)C(O)(CN)Cc1c(Cl)cccc1Cl. The molecule has 0 aromatic heterocycles. The minimum Gasteiger partial charge on any atom is -0.388 e. The molecule has 1 rings (SSSR count). The Balaban J connectivity index is 3.03. The van der Waals surface area contributed by atoms with Crippen LogP contribution in [0.3, 0.4) is 0 Å². The summed E-state index contributed by atoms with van der Waals surface area (Å²) in [5.74, 6) is 0.0461. The van der Waals surface area contributed by atoms with Crippen molar-refractivity contribution in [1.82, 2.24) is 0 Å². The molecule has 0 saturated heterocycles. The van der Waals surface area contributed by atoms with Crippen molar-refractivity contribution >= 4 is 23.2 Å². The van der Waals surface area contributed by atoms with E-state index in [1.165, 1.54) is 0 Å². The van der Waals surface area contributed by atoms with Gasteiger partial charge < -0.3 is 10.8 Å². The Labute approximate surface area is 106 Å². The lowest BCUT2D eigenvalue weighted by Gasteiger charge is -2.31. The maximum Gasteiger partial charge on any atom is 0.0833 e. The molecule has 1 aromatic rings. The molecule has 0 radical (unpaired) electrons. The number of hydrogen-bond acceptors (Lipinski definition) is 2. The molecule has 0 heterocycles. The zero-order chi connectivity index (χ0) is 12.3. The lowest BCUT2D eigenvalue weighted by molar-refractivity contribution is 0.00411. The lowest BCUT2D eigenvalue weighted by atomic mass is 9.84. The summed E-state index contributed by atoms with van der Waals surface area (Å²) < 4.78 is 0. The average molecular weight is 262 g/mol. The summed E-state index contributed by atoms with van der Waals surface area (Å²) in [5.41, 5.74) is 5.41. The summed E-state index contributed by atoms with van der Waals surface area (Å²) in [6.45, 7) is 4.04. The van der Waals surface area contributed by atoms with Crippen LogP contribution in [0.5, 0.6) is 0 Å². The minimum absolute atomic E-state index is 0.0461. The number of hydrogen-bond donors (Lipinski definition) is 2. The molecule has 3 N–H and O–H groups in total. The van der Waals surface area contributed by atoms with Gasteiger partial charge in [0.2, 0.25) is 0 Å². The Morgan fingerprint density at radius 1 is 1.31 bits per heavy atom. The van der Waals surface area contributed by atoms with E-state index in [0.717, 1.165) is 5.56 Å². The molecule has 0 bridgehead atoms. The lowest BCUT2D eigenvalue weighted by Crippen LogP contribution is -2.45. The zero-order valence-corrected chi connectivity index (χ0v) is 11.0. The highest BCUT2D eigenvalue weighted by atomic mass is 35.5. The van der Waals surface area contributed by atoms with Crippen LogP contribution >= 0.6 is 23.2 Å². The van der Waals surface area contributed by atoms with Crippen molar-refractivity contribution in [2.24, 2.45) is 11.7 Å². The molecule has 16 heavy (non-hydrogen) atoms. The number of halogens is 2. The van der Waals surface area contributed by atoms with Crippen molar-refractivity contribution in [3.63, 3.8) is 0 Å². The molecule has 0 saturated carbocycles. The van der Waals surface area contributed by atoms with E-state index in [2.05, 4.69) is 0 Å². The van der Waals surface area contributed by atoms with Crippen LogP contribution in [0.4, 0.5) is 0 Å². The van der Waals surface area contributed by atoms with Crippen LogP contribution < -0.4 is 5.73 Å². The van der Waals surface area contributed by atoms with Crippen molar-refractivity contribution in [3.8, 4) is 0 Å². The Hall–Kier alpha value is -0.280. The van der Waals surface area contributed by atoms with E-state index in [1.807, 2.05) is 13.8 Å². The van der Waals surface area contributed by atoms with Gasteiger partial charge in [-0.3, -0.25) is 0 Å². The van der Waals surface area contributed by atoms with Crippen LogP contribution in [0, 0.1) is 5.92 Å². The molecule has 90 valence electrons. The quantitative estimate of drug-likeness (QED) is 0.876. The summed E-state index contributed by atoms with van der Waals surface area (Å²) in [6.07, 6.45) is 0.375. The first-order chi connectivity index (χ1) is 7.40. The zero-order valence-electron chi connectivity index (χ0n) is 9.50. The molecule has 2 nitrogen and oxygen atoms in total. The molecule has 0 aliphatic rings. The van der Waals surface area contributed by atoms with E-state index in [0.29, 0.717) is 16.5 Å². The van der Waals surface area contributed by atoms with Gasteiger partial charge in [-0.25, -0.2) is 0 Å². The molecule has 1 unspecified atom stereocenters. The van der Waals surface area contributed by atoms with Gasteiger partial charge in [-0.05, 0) is 23.6 Å². The van der Waals surface area contributed by atoms with E-state index in [-0.39, 0.29) is 12.5 Å². The third-order valence-electron chi connectivity index (χ3n) is 2.97. The van der Waals surface area contributed by atoms with Gasteiger partial charge in [0.25, 0.3) is 0 Å². The van der Waals surface area contributed by atoms with Gasteiger partial charge in [-0.2, -0.15) is 0 Å². The number of aliphatic hydroxyl groups is 1. The molecule has 1 aromatic carbocycles. The molecule has 0 aliphatic carbocycles. The molecule has 0 aliphatic heterocycles. The Morgan fingerprint density at radius 3 is 2.19 bits per heavy atom. The van der Waals surface area contributed by atoms with E-state index < -0.39 is 5.60 Å². The standard InChI is InChI=1S/C12H17Cl2NO/c1-8(2)12(16,7-15)6-9-10(13)4-3-5-11(9)14/h3-5,8,16H,6-7,15H2,1-2H3. The van der Waals surface area contributed by atoms with Gasteiger partial charge in [-0.15, -0.1) is 0 Å². The molecule has 0 spiro atoms. The summed E-state index contributed by atoms with van der Waals surface area (Å²) >= 11 is 12.1. The Bertz CT molecular complexity index is 348. The van der Waals surface area contributed by atoms with Gasteiger partial charge >= 0.3 is 0 Å². The fraction of sp³-hybridized carbons (Fsp3) is 0.500. The van der Waals surface area contributed by atoms with Crippen LogP contribution in [-0.4, -0.2) is 17.3 Å². The normalized spacial score (nSPS) is 15.2. The molecule has 4 heteroatoms. The van der Waals surface area contributed by atoms with Crippen LogP contribution in [0.15, 0.2) is 18.2 Å². The molecule has 1 atom stereocenters. The average Bonchev–Trinajstić information content (AvgIpc) is 2.23. The number of benzene rings is 1. The predicted molar refractivity (Wildman–Crippen MR) is 69.0 cm³/mol. The van der Waals surface area contributed by atoms with E-state index in [1.54, 1.807) is 18.2 Å². The van der Waals surface area contributed by atoms with Crippen molar-refractivity contribution < 1.29 is 5.11 Å². The smallest absolute Gasteiger partial charge is 0.0833 e. The van der Waals surface area contributed by atoms with Crippen LogP contribution in [0.1, 0.15) is 19.4 Å². The van der Waals surface area contributed by atoms with Gasteiger partial charge in [0, 0.05) is 23.0 Å². The van der Waals surface area contributed by atoms with Crippen molar-refractivity contribution in [1.29, 1.82) is 0 Å². The maximum absolute atomic E-state index is 10.4. The monoisotopic (exact) mass is 261 g/mol. The Morgan fingerprint density at radius 2 is 1.81 bits per heavy atom. The van der Waals surface area contributed by atoms with Gasteiger partial charge in [-0.1, -0.05) is 43.1 Å². The predicted octanol–water partition coefficient (Wildman–Crippen LogP) is 2.88. The summed E-state index contributed by atoms with van der Waals surface area (Å²) in [4.78, 5) is 0. The van der Waals surface area contributed by atoms with Gasteiger partial charge in [0.1, 0.15) is 0 Å². The summed E-state index contributed by atoms with van der Waals surface area (Å²) in [7, 11) is 0. The summed E-state index contributed by atoms with van der Waals surface area (Å²) in [6, 6.07) is 5.31. The number of rotatable bonds is 4. The third kappa shape index (κ3) is 2.89. The van der Waals surface area contributed by atoms with Crippen molar-refractivity contribution in [3.05, 3.63) is 33.8 Å². The first-order valence-corrected chi connectivity index (χ1v) is 6.01. The first-order valence-electron chi connectivity index (χ1n) is 5.26. The highest BCUT2D eigenvalue weighted by molar-refractivity contribution is 6.36. The second-order valence-electron chi connectivity index (χ2n) is 4.34. The number of nitrogens with two attached hydrogens (primary N) is 1. The second-order valence-corrected chi connectivity index (χ2v) is 5.15. The van der Waals surface area contributed by atoms with Crippen molar-refractivity contribution in [2.75, 3.05) is 6.54 Å².